The second-order valence-electron chi connectivity index (χ2n) is 1.66. The van der Waals surface area contributed by atoms with E-state index in [2.05, 4.69) is 0 Å². The van der Waals surface area contributed by atoms with Crippen molar-refractivity contribution in [2.24, 2.45) is 0 Å². The number of hydrogen-bond donors (Lipinski definition) is 2. The fraction of sp³-hybridized carbons (Fsp3) is 1.00. The van der Waals surface area contributed by atoms with Gasteiger partial charge in [0.15, 0.2) is 0 Å². The molecule has 0 bridgehead atoms. The molecule has 12 heavy (non-hydrogen) atoms. The van der Waals surface area contributed by atoms with Crippen molar-refractivity contribution in [3.05, 3.63) is 0 Å². The van der Waals surface area contributed by atoms with Gasteiger partial charge in [-0.1, -0.05) is 0 Å². The molecule has 0 saturated heterocycles. The van der Waals surface area contributed by atoms with Crippen molar-refractivity contribution in [2.75, 3.05) is 13.1 Å². The third-order valence-corrected chi connectivity index (χ3v) is 2.43. The van der Waals surface area contributed by atoms with Gasteiger partial charge < -0.3 is 0 Å². The highest BCUT2D eigenvalue weighted by atomic mass is 35.7. The molecule has 0 heterocycles. The Morgan fingerprint density at radius 3 is 1.25 bits per heavy atom. The summed E-state index contributed by atoms with van der Waals surface area (Å²) in [5.41, 5.74) is 0. The normalized spacial score (nSPS) is 13.2. The van der Waals surface area contributed by atoms with Gasteiger partial charge in [-0.15, -0.1) is 0 Å². The molecule has 0 radical (unpaired) electrons. The van der Waals surface area contributed by atoms with E-state index in [1.165, 1.54) is 0 Å². The molecule has 0 saturated carbocycles. The summed E-state index contributed by atoms with van der Waals surface area (Å²) in [5, 5.41) is 0. The lowest BCUT2D eigenvalue weighted by molar-refractivity contribution is 0.586. The molecule has 0 rings (SSSR count). The molecular weight excluding hydrogens is 251 g/mol. The van der Waals surface area contributed by atoms with E-state index in [1.807, 2.05) is 9.44 Å². The highest BCUT2D eigenvalue weighted by Crippen LogP contribution is 1.89. The quantitative estimate of drug-likeness (QED) is 0.494. The third-order valence-electron chi connectivity index (χ3n) is 0.674. The van der Waals surface area contributed by atoms with Crippen molar-refractivity contribution in [2.45, 2.75) is 0 Å². The lowest BCUT2D eigenvalue weighted by Gasteiger charge is -1.99. The molecular formula is C2H6Cl2N2O4S2. The molecule has 0 amide bonds. The molecule has 0 fully saturated rings. The second-order valence-corrected chi connectivity index (χ2v) is 6.43. The average molecular weight is 257 g/mol. The van der Waals surface area contributed by atoms with Gasteiger partial charge in [-0.25, -0.2) is 9.44 Å². The molecule has 74 valence electrons. The number of nitrogens with one attached hydrogen (secondary N) is 2. The average Bonchev–Trinajstić information content (AvgIpc) is 1.76. The van der Waals surface area contributed by atoms with Gasteiger partial charge in [-0.05, 0) is 0 Å². The van der Waals surface area contributed by atoms with E-state index in [9.17, 15) is 16.8 Å². The van der Waals surface area contributed by atoms with Crippen molar-refractivity contribution < 1.29 is 16.8 Å². The summed E-state index contributed by atoms with van der Waals surface area (Å²) in [7, 11) is 1.87. The Morgan fingerprint density at radius 1 is 0.833 bits per heavy atom. The Hall–Kier alpha value is 0.400. The van der Waals surface area contributed by atoms with E-state index in [1.54, 1.807) is 0 Å². The van der Waals surface area contributed by atoms with E-state index in [0.717, 1.165) is 0 Å². The summed E-state index contributed by atoms with van der Waals surface area (Å²) in [6.07, 6.45) is 0. The molecule has 0 aromatic rings. The van der Waals surface area contributed by atoms with Crippen LogP contribution in [0.5, 0.6) is 0 Å². The zero-order chi connectivity index (χ0) is 9.83. The zero-order valence-corrected chi connectivity index (χ0v) is 8.76. The van der Waals surface area contributed by atoms with Gasteiger partial charge in [-0.2, -0.15) is 16.8 Å². The van der Waals surface area contributed by atoms with Gasteiger partial charge >= 0.3 is 0 Å². The van der Waals surface area contributed by atoms with E-state index in [4.69, 9.17) is 21.4 Å². The van der Waals surface area contributed by atoms with Crippen LogP contribution < -0.4 is 9.44 Å². The fourth-order valence-corrected chi connectivity index (χ4v) is 1.50. The Balaban J connectivity index is 3.62. The van der Waals surface area contributed by atoms with Gasteiger partial charge in [0.25, 0.3) is 18.5 Å². The Morgan fingerprint density at radius 2 is 1.08 bits per heavy atom. The van der Waals surface area contributed by atoms with Crippen molar-refractivity contribution in [3.63, 3.8) is 0 Å². The highest BCUT2D eigenvalue weighted by molar-refractivity contribution is 8.12. The number of halogens is 2. The topological polar surface area (TPSA) is 92.3 Å². The fourth-order valence-electron chi connectivity index (χ4n) is 0.346. The monoisotopic (exact) mass is 256 g/mol. The summed E-state index contributed by atoms with van der Waals surface area (Å²) in [4.78, 5) is 0. The van der Waals surface area contributed by atoms with Crippen molar-refractivity contribution in [1.82, 2.24) is 9.44 Å². The number of rotatable bonds is 5. The van der Waals surface area contributed by atoms with Crippen molar-refractivity contribution in [3.8, 4) is 0 Å². The zero-order valence-electron chi connectivity index (χ0n) is 5.62. The molecule has 0 aliphatic heterocycles. The van der Waals surface area contributed by atoms with Crippen LogP contribution in [0.1, 0.15) is 0 Å². The van der Waals surface area contributed by atoms with Crippen LogP contribution in [0.4, 0.5) is 0 Å². The molecule has 0 aliphatic carbocycles. The summed E-state index contributed by atoms with van der Waals surface area (Å²) in [5.74, 6) is 0. The highest BCUT2D eigenvalue weighted by Gasteiger charge is 2.05. The standard InChI is InChI=1S/C2H6Cl2N2O4S2/c3-11(7,8)5-1-2-6-12(4,9)10/h5-6H,1-2H2. The lowest BCUT2D eigenvalue weighted by Crippen LogP contribution is -2.30. The van der Waals surface area contributed by atoms with E-state index >= 15 is 0 Å². The van der Waals surface area contributed by atoms with Crippen LogP contribution in [0, 0.1) is 0 Å². The summed E-state index contributed by atoms with van der Waals surface area (Å²) < 4.78 is 44.5. The molecule has 10 heteroatoms. The van der Waals surface area contributed by atoms with Crippen LogP contribution in [-0.4, -0.2) is 29.9 Å². The van der Waals surface area contributed by atoms with Gasteiger partial charge in [-0.3, -0.25) is 0 Å². The predicted molar refractivity (Wildman–Crippen MR) is 45.6 cm³/mol. The van der Waals surface area contributed by atoms with Crippen LogP contribution in [0.25, 0.3) is 0 Å². The van der Waals surface area contributed by atoms with Crippen LogP contribution in [0.2, 0.25) is 0 Å². The van der Waals surface area contributed by atoms with E-state index < -0.39 is 18.5 Å². The minimum atomic E-state index is -3.80. The minimum absolute atomic E-state index is 0.155. The minimum Gasteiger partial charge on any atom is -0.201 e. The Labute approximate surface area is 79.3 Å². The predicted octanol–water partition coefficient (Wildman–Crippen LogP) is -0.867. The van der Waals surface area contributed by atoms with Gasteiger partial charge in [0.05, 0.1) is 0 Å². The van der Waals surface area contributed by atoms with Crippen LogP contribution in [0.15, 0.2) is 0 Å². The van der Waals surface area contributed by atoms with Gasteiger partial charge in [0, 0.05) is 34.5 Å². The summed E-state index contributed by atoms with van der Waals surface area (Å²) in [6, 6.07) is 0. The molecule has 0 aromatic carbocycles. The Kier molecular flexibility index (Phi) is 4.74. The molecule has 0 aromatic heterocycles. The van der Waals surface area contributed by atoms with Crippen LogP contribution >= 0.6 is 21.4 Å². The largest absolute Gasteiger partial charge is 0.297 e. The third kappa shape index (κ3) is 10.4. The van der Waals surface area contributed by atoms with E-state index in [-0.39, 0.29) is 13.1 Å². The smallest absolute Gasteiger partial charge is 0.201 e. The van der Waals surface area contributed by atoms with Crippen molar-refractivity contribution in [1.29, 1.82) is 0 Å². The summed E-state index contributed by atoms with van der Waals surface area (Å²) >= 11 is 0. The van der Waals surface area contributed by atoms with Gasteiger partial charge in [0.2, 0.25) is 0 Å². The van der Waals surface area contributed by atoms with Crippen molar-refractivity contribution >= 4 is 39.8 Å². The first-order valence-corrected chi connectivity index (χ1v) is 7.21. The molecule has 0 spiro atoms. The second kappa shape index (κ2) is 4.58. The maximum atomic E-state index is 10.2. The molecule has 0 atom stereocenters. The maximum Gasteiger partial charge on any atom is 0.297 e. The first kappa shape index (κ1) is 12.4. The summed E-state index contributed by atoms with van der Waals surface area (Å²) in [6.45, 7) is -0.310. The Bertz CT molecular complexity index is 287. The molecule has 2 N–H and O–H groups in total. The van der Waals surface area contributed by atoms with Crippen LogP contribution in [0.3, 0.4) is 0 Å². The molecule has 0 aliphatic rings. The van der Waals surface area contributed by atoms with Crippen LogP contribution in [-0.2, 0) is 18.5 Å². The molecule has 0 unspecified atom stereocenters. The SMILES string of the molecule is O=S(=O)(Cl)NCCNS(=O)(=O)Cl. The van der Waals surface area contributed by atoms with Gasteiger partial charge in [0.1, 0.15) is 0 Å². The number of hydrogen-bond acceptors (Lipinski definition) is 4. The van der Waals surface area contributed by atoms with E-state index in [0.29, 0.717) is 0 Å². The molecule has 6 nitrogen and oxygen atoms in total. The first-order chi connectivity index (χ1) is 5.21. The lowest BCUT2D eigenvalue weighted by atomic mass is 10.7. The first-order valence-electron chi connectivity index (χ1n) is 2.59. The maximum absolute atomic E-state index is 10.2.